The summed E-state index contributed by atoms with van der Waals surface area (Å²) in [7, 11) is 0. The molecule has 1 aromatic carbocycles. The lowest BCUT2D eigenvalue weighted by Gasteiger charge is -2.43. The SMILES string of the molecule is Nc1nnc(-c2ccccc2O)cc1N1CC2CCC(C1)N2c1ccnc(C#CC2CCN2)c1. The fourth-order valence-corrected chi connectivity index (χ4v) is 5.21. The van der Waals surface area contributed by atoms with Crippen molar-refractivity contribution in [2.45, 2.75) is 37.4 Å². The number of phenols is 1. The number of anilines is 3. The molecule has 4 N–H and O–H groups in total. The van der Waals surface area contributed by atoms with E-state index in [1.165, 1.54) is 5.69 Å². The van der Waals surface area contributed by atoms with Crippen LogP contribution in [0.5, 0.6) is 5.75 Å². The molecule has 6 rings (SSSR count). The van der Waals surface area contributed by atoms with Gasteiger partial charge in [-0.15, -0.1) is 10.2 Å². The first kappa shape index (κ1) is 20.8. The van der Waals surface area contributed by atoms with Crippen molar-refractivity contribution < 1.29 is 5.11 Å². The van der Waals surface area contributed by atoms with Gasteiger partial charge >= 0.3 is 0 Å². The topological polar surface area (TPSA) is 103 Å². The number of nitrogens with one attached hydrogen (secondary N) is 1. The van der Waals surface area contributed by atoms with Gasteiger partial charge in [-0.2, -0.15) is 0 Å². The lowest BCUT2D eigenvalue weighted by atomic mass is 10.1. The van der Waals surface area contributed by atoms with Gasteiger partial charge in [0.05, 0.1) is 17.4 Å². The minimum absolute atomic E-state index is 0.182. The van der Waals surface area contributed by atoms with E-state index in [0.29, 0.717) is 35.2 Å². The molecule has 3 saturated heterocycles. The van der Waals surface area contributed by atoms with E-state index in [9.17, 15) is 5.11 Å². The summed E-state index contributed by atoms with van der Waals surface area (Å²) in [6.45, 7) is 2.75. The number of nitrogens with zero attached hydrogens (tertiary/aromatic N) is 5. The van der Waals surface area contributed by atoms with E-state index in [1.54, 1.807) is 12.1 Å². The van der Waals surface area contributed by atoms with Crippen molar-refractivity contribution in [2.24, 2.45) is 0 Å². The zero-order valence-electron chi connectivity index (χ0n) is 18.9. The number of piperazine rings is 1. The van der Waals surface area contributed by atoms with Gasteiger partial charge in [-0.1, -0.05) is 18.1 Å². The Morgan fingerprint density at radius 2 is 1.82 bits per heavy atom. The molecule has 3 aliphatic heterocycles. The molecule has 34 heavy (non-hydrogen) atoms. The lowest BCUT2D eigenvalue weighted by Crippen LogP contribution is -2.54. The molecule has 0 radical (unpaired) electrons. The van der Waals surface area contributed by atoms with Gasteiger partial charge in [0.1, 0.15) is 11.4 Å². The second-order valence-corrected chi connectivity index (χ2v) is 9.18. The van der Waals surface area contributed by atoms with Crippen LogP contribution in [0.2, 0.25) is 0 Å². The normalized spacial score (nSPS) is 23.2. The highest BCUT2D eigenvalue weighted by molar-refractivity contribution is 5.74. The standard InChI is InChI=1S/C26H27N7O/c27-26-24(14-23(30-31-26)22-3-1-2-4-25(22)34)32-15-20-7-8-21(16-32)33(20)19-10-12-29-18(13-19)6-5-17-9-11-28-17/h1-4,10,12-14,17,20-21,28,34H,7-9,11,15-16H2,(H2,27,31). The Morgan fingerprint density at radius 1 is 1.03 bits per heavy atom. The Balaban J connectivity index is 1.24. The number of nitrogen functional groups attached to an aromatic ring is 1. The van der Waals surface area contributed by atoms with Gasteiger partial charge in [0.2, 0.25) is 0 Å². The van der Waals surface area contributed by atoms with Crippen LogP contribution in [0.25, 0.3) is 11.3 Å². The maximum Gasteiger partial charge on any atom is 0.169 e. The molecule has 5 heterocycles. The smallest absolute Gasteiger partial charge is 0.169 e. The highest BCUT2D eigenvalue weighted by Crippen LogP contribution is 2.38. The van der Waals surface area contributed by atoms with Crippen LogP contribution in [0.1, 0.15) is 25.0 Å². The number of hydrogen-bond donors (Lipinski definition) is 3. The third-order valence-corrected chi connectivity index (χ3v) is 7.04. The van der Waals surface area contributed by atoms with Crippen molar-refractivity contribution in [1.82, 2.24) is 20.5 Å². The number of hydrogen-bond acceptors (Lipinski definition) is 8. The second kappa shape index (κ2) is 8.50. The zero-order chi connectivity index (χ0) is 23.1. The number of pyridine rings is 1. The second-order valence-electron chi connectivity index (χ2n) is 9.18. The summed E-state index contributed by atoms with van der Waals surface area (Å²) in [4.78, 5) is 9.31. The van der Waals surface area contributed by atoms with Crippen LogP contribution in [0, 0.1) is 11.8 Å². The van der Waals surface area contributed by atoms with Crippen LogP contribution < -0.4 is 20.9 Å². The average Bonchev–Trinajstić information content (AvgIpc) is 3.08. The third-order valence-electron chi connectivity index (χ3n) is 7.04. The predicted molar refractivity (Wildman–Crippen MR) is 133 cm³/mol. The summed E-state index contributed by atoms with van der Waals surface area (Å²) in [6, 6.07) is 14.4. The van der Waals surface area contributed by atoms with Gasteiger partial charge in [0.25, 0.3) is 0 Å². The number of aromatic nitrogens is 3. The molecule has 3 aliphatic rings. The van der Waals surface area contributed by atoms with E-state index in [0.717, 1.165) is 50.3 Å². The van der Waals surface area contributed by atoms with Gasteiger partial charge in [-0.05, 0) is 62.1 Å². The van der Waals surface area contributed by atoms with Crippen LogP contribution in [0.15, 0.2) is 48.7 Å². The Kier molecular flexibility index (Phi) is 5.19. The van der Waals surface area contributed by atoms with Gasteiger partial charge in [0.15, 0.2) is 5.82 Å². The van der Waals surface area contributed by atoms with Crippen molar-refractivity contribution in [3.05, 3.63) is 54.4 Å². The molecule has 8 nitrogen and oxygen atoms in total. The van der Waals surface area contributed by atoms with Crippen molar-refractivity contribution in [3.63, 3.8) is 0 Å². The van der Waals surface area contributed by atoms with E-state index in [4.69, 9.17) is 5.73 Å². The minimum Gasteiger partial charge on any atom is -0.507 e. The monoisotopic (exact) mass is 453 g/mol. The Hall–Kier alpha value is -3.83. The third kappa shape index (κ3) is 3.78. The summed E-state index contributed by atoms with van der Waals surface area (Å²) in [5.41, 5.74) is 10.4. The van der Waals surface area contributed by atoms with Crippen LogP contribution >= 0.6 is 0 Å². The molecular formula is C26H27N7O. The van der Waals surface area contributed by atoms with Gasteiger partial charge < -0.3 is 26.0 Å². The highest BCUT2D eigenvalue weighted by Gasteiger charge is 2.40. The number of nitrogens with two attached hydrogens (primary N) is 1. The van der Waals surface area contributed by atoms with E-state index in [1.807, 2.05) is 24.4 Å². The molecule has 2 aromatic heterocycles. The summed E-state index contributed by atoms with van der Waals surface area (Å²) in [5, 5.41) is 22.0. The summed E-state index contributed by atoms with van der Waals surface area (Å²) >= 11 is 0. The Bertz CT molecular complexity index is 1270. The number of fused-ring (bicyclic) bond motifs is 2. The van der Waals surface area contributed by atoms with Crippen molar-refractivity contribution >= 4 is 17.2 Å². The Labute approximate surface area is 198 Å². The molecule has 3 unspecified atom stereocenters. The fourth-order valence-electron chi connectivity index (χ4n) is 5.21. The summed E-state index contributed by atoms with van der Waals surface area (Å²) < 4.78 is 0. The molecule has 0 aliphatic carbocycles. The maximum atomic E-state index is 10.3. The number of aromatic hydroxyl groups is 1. The number of phenolic OH excluding ortho intramolecular Hbond substituents is 1. The quantitative estimate of drug-likeness (QED) is 0.520. The molecular weight excluding hydrogens is 426 g/mol. The molecule has 0 saturated carbocycles. The average molecular weight is 454 g/mol. The first-order valence-corrected chi connectivity index (χ1v) is 11.8. The molecule has 3 fully saturated rings. The maximum absolute atomic E-state index is 10.3. The molecule has 2 bridgehead atoms. The van der Waals surface area contributed by atoms with Crippen LogP contribution in [-0.2, 0) is 0 Å². The van der Waals surface area contributed by atoms with Crippen molar-refractivity contribution in [2.75, 3.05) is 35.2 Å². The predicted octanol–water partition coefficient (Wildman–Crippen LogP) is 2.40. The van der Waals surface area contributed by atoms with E-state index in [2.05, 4.69) is 54.3 Å². The molecule has 0 amide bonds. The van der Waals surface area contributed by atoms with Gasteiger partial charge in [0, 0.05) is 42.6 Å². The van der Waals surface area contributed by atoms with Gasteiger partial charge in [-0.3, -0.25) is 0 Å². The van der Waals surface area contributed by atoms with Crippen molar-refractivity contribution in [1.29, 1.82) is 0 Å². The van der Waals surface area contributed by atoms with E-state index >= 15 is 0 Å². The van der Waals surface area contributed by atoms with E-state index < -0.39 is 0 Å². The number of rotatable bonds is 3. The lowest BCUT2D eigenvalue weighted by molar-refractivity contribution is 0.449. The minimum atomic E-state index is 0.182. The highest BCUT2D eigenvalue weighted by atomic mass is 16.3. The number of benzene rings is 1. The van der Waals surface area contributed by atoms with Crippen LogP contribution in [0.4, 0.5) is 17.2 Å². The first-order valence-electron chi connectivity index (χ1n) is 11.8. The molecule has 3 atom stereocenters. The van der Waals surface area contributed by atoms with Crippen LogP contribution in [0.3, 0.4) is 0 Å². The molecule has 172 valence electrons. The summed E-state index contributed by atoms with van der Waals surface area (Å²) in [5.74, 6) is 7.10. The Morgan fingerprint density at radius 3 is 2.56 bits per heavy atom. The van der Waals surface area contributed by atoms with Crippen LogP contribution in [-0.4, -0.2) is 58.0 Å². The molecule has 0 spiro atoms. The van der Waals surface area contributed by atoms with Crippen molar-refractivity contribution in [3.8, 4) is 28.8 Å². The largest absolute Gasteiger partial charge is 0.507 e. The summed E-state index contributed by atoms with van der Waals surface area (Å²) in [6.07, 6.45) is 5.22. The molecule has 3 aromatic rings. The van der Waals surface area contributed by atoms with E-state index in [-0.39, 0.29) is 5.75 Å². The first-order chi connectivity index (χ1) is 16.7. The number of para-hydroxylation sites is 1. The fraction of sp³-hybridized carbons (Fsp3) is 0.346. The molecule has 8 heteroatoms. The van der Waals surface area contributed by atoms with Gasteiger partial charge in [-0.25, -0.2) is 4.98 Å². The zero-order valence-corrected chi connectivity index (χ0v) is 18.9.